The SMILES string of the molecule is CC(=O)N[C@H]1CN2CC[C@@H]1C2. The second kappa shape index (κ2) is 2.48. The van der Waals surface area contributed by atoms with Gasteiger partial charge in [0.15, 0.2) is 0 Å². The third-order valence-electron chi connectivity index (χ3n) is 2.72. The number of carbonyl (C=O) groups excluding carboxylic acids is 1. The number of carbonyl (C=O) groups is 1. The van der Waals surface area contributed by atoms with E-state index in [0.717, 1.165) is 12.5 Å². The Kier molecular flexibility index (Phi) is 1.60. The minimum absolute atomic E-state index is 0.115. The molecule has 2 aliphatic rings. The fraction of sp³-hybridized carbons (Fsp3) is 0.875. The fourth-order valence-electron chi connectivity index (χ4n) is 2.21. The number of nitrogens with one attached hydrogen (secondary N) is 1. The summed E-state index contributed by atoms with van der Waals surface area (Å²) in [6.45, 7) is 5.11. The van der Waals surface area contributed by atoms with E-state index in [1.807, 2.05) is 0 Å². The van der Waals surface area contributed by atoms with Gasteiger partial charge in [-0.1, -0.05) is 0 Å². The molecule has 2 aliphatic heterocycles. The van der Waals surface area contributed by atoms with E-state index in [0.29, 0.717) is 6.04 Å². The van der Waals surface area contributed by atoms with Gasteiger partial charge < -0.3 is 10.2 Å². The van der Waals surface area contributed by atoms with Crippen LogP contribution in [0.3, 0.4) is 0 Å². The van der Waals surface area contributed by atoms with Gasteiger partial charge in [0.1, 0.15) is 0 Å². The first-order valence-electron chi connectivity index (χ1n) is 4.25. The van der Waals surface area contributed by atoms with Crippen molar-refractivity contribution >= 4 is 5.91 Å². The molecule has 0 radical (unpaired) electrons. The average molecular weight is 154 g/mol. The summed E-state index contributed by atoms with van der Waals surface area (Å²) in [5.74, 6) is 0.850. The molecule has 3 nitrogen and oxygen atoms in total. The molecule has 0 aromatic rings. The largest absolute Gasteiger partial charge is 0.352 e. The first kappa shape index (κ1) is 7.10. The van der Waals surface area contributed by atoms with Crippen LogP contribution in [-0.4, -0.2) is 36.5 Å². The second-order valence-corrected chi connectivity index (χ2v) is 3.62. The van der Waals surface area contributed by atoms with Gasteiger partial charge in [-0.2, -0.15) is 0 Å². The number of nitrogens with zero attached hydrogens (tertiary/aromatic N) is 1. The van der Waals surface area contributed by atoms with Gasteiger partial charge in [0.2, 0.25) is 5.91 Å². The van der Waals surface area contributed by atoms with Crippen LogP contribution in [0.5, 0.6) is 0 Å². The highest BCUT2D eigenvalue weighted by molar-refractivity contribution is 5.73. The Hall–Kier alpha value is -0.570. The maximum absolute atomic E-state index is 10.7. The zero-order valence-corrected chi connectivity index (χ0v) is 6.84. The Morgan fingerprint density at radius 2 is 2.36 bits per heavy atom. The number of hydrogen-bond acceptors (Lipinski definition) is 2. The maximum Gasteiger partial charge on any atom is 0.217 e. The van der Waals surface area contributed by atoms with E-state index in [4.69, 9.17) is 0 Å². The molecule has 0 aromatic carbocycles. The van der Waals surface area contributed by atoms with Crippen LogP contribution in [0.15, 0.2) is 0 Å². The van der Waals surface area contributed by atoms with Gasteiger partial charge in [0.05, 0.1) is 0 Å². The van der Waals surface area contributed by atoms with Crippen molar-refractivity contribution in [2.45, 2.75) is 19.4 Å². The normalized spacial score (nSPS) is 41.0. The van der Waals surface area contributed by atoms with Crippen LogP contribution >= 0.6 is 0 Å². The maximum atomic E-state index is 10.7. The number of hydrogen-bond donors (Lipinski definition) is 1. The molecule has 1 N–H and O–H groups in total. The zero-order chi connectivity index (χ0) is 7.84. The molecule has 0 saturated carbocycles. The van der Waals surface area contributed by atoms with Crippen molar-refractivity contribution in [2.75, 3.05) is 19.6 Å². The Morgan fingerprint density at radius 3 is 2.82 bits per heavy atom. The van der Waals surface area contributed by atoms with Crippen LogP contribution in [0.4, 0.5) is 0 Å². The summed E-state index contributed by atoms with van der Waals surface area (Å²) in [7, 11) is 0. The predicted octanol–water partition coefficient (Wildman–Crippen LogP) is -0.173. The molecule has 0 aliphatic carbocycles. The second-order valence-electron chi connectivity index (χ2n) is 3.62. The minimum atomic E-state index is 0.115. The standard InChI is InChI=1S/C8H14N2O/c1-6(11)9-8-5-10-3-2-7(8)4-10/h7-8H,2-5H2,1H3,(H,9,11)/t7-,8+/m1/s1. The molecule has 2 saturated heterocycles. The molecule has 1 amide bonds. The molecular weight excluding hydrogens is 140 g/mol. The summed E-state index contributed by atoms with van der Waals surface area (Å²) in [6.07, 6.45) is 1.27. The zero-order valence-electron chi connectivity index (χ0n) is 6.84. The van der Waals surface area contributed by atoms with Crippen LogP contribution in [0, 0.1) is 5.92 Å². The number of fused-ring (bicyclic) bond motifs is 2. The lowest BCUT2D eigenvalue weighted by Gasteiger charge is -2.22. The first-order chi connectivity index (χ1) is 5.25. The van der Waals surface area contributed by atoms with Crippen molar-refractivity contribution < 1.29 is 4.79 Å². The summed E-state index contributed by atoms with van der Waals surface area (Å²) >= 11 is 0. The fourth-order valence-corrected chi connectivity index (χ4v) is 2.21. The lowest BCUT2D eigenvalue weighted by molar-refractivity contribution is -0.119. The lowest BCUT2D eigenvalue weighted by Crippen LogP contribution is -2.42. The molecule has 2 fully saturated rings. The molecule has 1 unspecified atom stereocenters. The lowest BCUT2D eigenvalue weighted by atomic mass is 10.0. The van der Waals surface area contributed by atoms with E-state index in [1.54, 1.807) is 6.92 Å². The van der Waals surface area contributed by atoms with Crippen molar-refractivity contribution in [3.05, 3.63) is 0 Å². The summed E-state index contributed by atoms with van der Waals surface area (Å²) in [6, 6.07) is 0.446. The molecular formula is C8H14N2O. The molecule has 2 heterocycles. The molecule has 2 rings (SSSR count). The van der Waals surface area contributed by atoms with Gasteiger partial charge in [-0.3, -0.25) is 4.79 Å². The summed E-state index contributed by atoms with van der Waals surface area (Å²) in [5, 5.41) is 2.99. The van der Waals surface area contributed by atoms with E-state index in [9.17, 15) is 4.79 Å². The molecule has 3 heteroatoms. The molecule has 2 bridgehead atoms. The molecule has 11 heavy (non-hydrogen) atoms. The Labute approximate surface area is 66.8 Å². The monoisotopic (exact) mass is 154 g/mol. The number of amides is 1. The number of rotatable bonds is 1. The van der Waals surface area contributed by atoms with Crippen molar-refractivity contribution in [1.82, 2.24) is 10.2 Å². The highest BCUT2D eigenvalue weighted by atomic mass is 16.1. The van der Waals surface area contributed by atoms with E-state index in [1.165, 1.54) is 19.5 Å². The summed E-state index contributed by atoms with van der Waals surface area (Å²) < 4.78 is 0. The molecule has 0 aromatic heterocycles. The van der Waals surface area contributed by atoms with Crippen LogP contribution in [0.25, 0.3) is 0 Å². The predicted molar refractivity (Wildman–Crippen MR) is 42.2 cm³/mol. The summed E-state index contributed by atoms with van der Waals surface area (Å²) in [4.78, 5) is 13.2. The smallest absolute Gasteiger partial charge is 0.217 e. The van der Waals surface area contributed by atoms with Crippen molar-refractivity contribution in [3.8, 4) is 0 Å². The van der Waals surface area contributed by atoms with Crippen LogP contribution in [0.1, 0.15) is 13.3 Å². The van der Waals surface area contributed by atoms with Crippen molar-refractivity contribution in [2.24, 2.45) is 5.92 Å². The topological polar surface area (TPSA) is 32.3 Å². The van der Waals surface area contributed by atoms with E-state index < -0.39 is 0 Å². The Morgan fingerprint density at radius 1 is 1.55 bits per heavy atom. The third kappa shape index (κ3) is 1.25. The van der Waals surface area contributed by atoms with Crippen LogP contribution in [0.2, 0.25) is 0 Å². The first-order valence-corrected chi connectivity index (χ1v) is 4.25. The minimum Gasteiger partial charge on any atom is -0.352 e. The van der Waals surface area contributed by atoms with E-state index >= 15 is 0 Å². The van der Waals surface area contributed by atoms with Gasteiger partial charge in [0, 0.05) is 26.1 Å². The molecule has 3 atom stereocenters. The summed E-state index contributed by atoms with van der Waals surface area (Å²) in [5.41, 5.74) is 0. The quantitative estimate of drug-likeness (QED) is 0.568. The van der Waals surface area contributed by atoms with Crippen LogP contribution < -0.4 is 5.32 Å². The van der Waals surface area contributed by atoms with Gasteiger partial charge in [-0.05, 0) is 18.9 Å². The highest BCUT2D eigenvalue weighted by Crippen LogP contribution is 2.27. The van der Waals surface area contributed by atoms with Crippen molar-refractivity contribution in [3.63, 3.8) is 0 Å². The Balaban J connectivity index is 1.92. The van der Waals surface area contributed by atoms with Gasteiger partial charge in [-0.15, -0.1) is 0 Å². The third-order valence-corrected chi connectivity index (χ3v) is 2.72. The van der Waals surface area contributed by atoms with Gasteiger partial charge in [-0.25, -0.2) is 0 Å². The van der Waals surface area contributed by atoms with Crippen molar-refractivity contribution in [1.29, 1.82) is 0 Å². The highest BCUT2D eigenvalue weighted by Gasteiger charge is 2.37. The number of piperidine rings is 1. The van der Waals surface area contributed by atoms with Crippen LogP contribution in [-0.2, 0) is 4.79 Å². The van der Waals surface area contributed by atoms with E-state index in [-0.39, 0.29) is 5.91 Å². The molecule has 0 spiro atoms. The average Bonchev–Trinajstić information content (AvgIpc) is 2.45. The Bertz CT molecular complexity index is 181. The molecule has 62 valence electrons. The van der Waals surface area contributed by atoms with E-state index in [2.05, 4.69) is 10.2 Å². The van der Waals surface area contributed by atoms with Gasteiger partial charge in [0.25, 0.3) is 0 Å². The van der Waals surface area contributed by atoms with Gasteiger partial charge >= 0.3 is 0 Å².